The molecule has 136 valence electrons. The Kier molecular flexibility index (Phi) is 5.13. The molecule has 0 saturated carbocycles. The van der Waals surface area contributed by atoms with E-state index in [9.17, 15) is 9.18 Å². The Balaban J connectivity index is 1.78. The van der Waals surface area contributed by atoms with Crippen LogP contribution in [0.4, 0.5) is 4.39 Å². The summed E-state index contributed by atoms with van der Waals surface area (Å²) >= 11 is 6.38. The molecular weight excluding hydrogens is 357 g/mol. The molecule has 0 saturated heterocycles. The van der Waals surface area contributed by atoms with Crippen LogP contribution in [0.3, 0.4) is 0 Å². The maximum atomic E-state index is 13.0. The Hall–Kier alpha value is -2.60. The van der Waals surface area contributed by atoms with E-state index in [1.165, 1.54) is 16.8 Å². The summed E-state index contributed by atoms with van der Waals surface area (Å²) in [5, 5.41) is 7.45. The van der Waals surface area contributed by atoms with Gasteiger partial charge in [-0.2, -0.15) is 5.10 Å². The maximum absolute atomic E-state index is 13.0. The highest BCUT2D eigenvalue weighted by molar-refractivity contribution is 6.33. The van der Waals surface area contributed by atoms with Crippen molar-refractivity contribution in [3.8, 4) is 0 Å². The van der Waals surface area contributed by atoms with E-state index in [0.717, 1.165) is 11.3 Å². The van der Waals surface area contributed by atoms with E-state index in [2.05, 4.69) is 10.4 Å². The molecule has 1 aromatic carbocycles. The third-order valence-electron chi connectivity index (χ3n) is 4.07. The van der Waals surface area contributed by atoms with E-state index in [1.807, 2.05) is 26.0 Å². The van der Waals surface area contributed by atoms with E-state index in [1.54, 1.807) is 19.1 Å². The molecule has 1 N–H and O–H groups in total. The van der Waals surface area contributed by atoms with Gasteiger partial charge >= 0.3 is 0 Å². The number of nitrogens with zero attached hydrogens (tertiary/aromatic N) is 2. The number of rotatable bonds is 5. The number of carbonyl (C=O) groups excluding carboxylic acids is 1. The minimum Gasteiger partial charge on any atom is -0.464 e. The average Bonchev–Trinajstić information content (AvgIpc) is 3.13. The predicted octanol–water partition coefficient (Wildman–Crippen LogP) is 4.42. The zero-order valence-corrected chi connectivity index (χ0v) is 15.5. The van der Waals surface area contributed by atoms with Crippen molar-refractivity contribution >= 4 is 17.5 Å². The smallest absolute Gasteiger partial charge is 0.256 e. The number of carbonyl (C=O) groups is 1. The van der Waals surface area contributed by atoms with Crippen LogP contribution in [0.1, 0.15) is 46.1 Å². The number of halogens is 2. The third-order valence-corrected chi connectivity index (χ3v) is 4.46. The number of aromatic nitrogens is 2. The van der Waals surface area contributed by atoms with Crippen molar-refractivity contribution in [2.75, 3.05) is 0 Å². The molecule has 1 amide bonds. The van der Waals surface area contributed by atoms with Crippen molar-refractivity contribution in [2.45, 2.75) is 33.4 Å². The van der Waals surface area contributed by atoms with Gasteiger partial charge in [0.1, 0.15) is 22.5 Å². The summed E-state index contributed by atoms with van der Waals surface area (Å²) in [6.45, 7) is 5.75. The molecule has 2 aromatic heterocycles. The number of nitrogens with one attached hydrogen (secondary N) is 1. The first-order valence-corrected chi connectivity index (χ1v) is 8.57. The van der Waals surface area contributed by atoms with Gasteiger partial charge in [0.15, 0.2) is 0 Å². The first-order chi connectivity index (χ1) is 12.3. The first-order valence-electron chi connectivity index (χ1n) is 8.19. The van der Waals surface area contributed by atoms with Crippen LogP contribution in [0, 0.1) is 19.7 Å². The van der Waals surface area contributed by atoms with E-state index >= 15 is 0 Å². The van der Waals surface area contributed by atoms with Crippen LogP contribution in [0.5, 0.6) is 0 Å². The lowest BCUT2D eigenvalue weighted by Crippen LogP contribution is -2.27. The summed E-state index contributed by atoms with van der Waals surface area (Å²) in [4.78, 5) is 12.6. The number of aryl methyl sites for hydroxylation is 2. The van der Waals surface area contributed by atoms with Crippen molar-refractivity contribution in [1.82, 2.24) is 15.1 Å². The van der Waals surface area contributed by atoms with Crippen LogP contribution in [0.25, 0.3) is 0 Å². The van der Waals surface area contributed by atoms with Crippen molar-refractivity contribution in [2.24, 2.45) is 0 Å². The predicted molar refractivity (Wildman–Crippen MR) is 96.8 cm³/mol. The molecule has 0 aliphatic rings. The Morgan fingerprint density at radius 1 is 1.27 bits per heavy atom. The van der Waals surface area contributed by atoms with Gasteiger partial charge in [-0.1, -0.05) is 23.7 Å². The van der Waals surface area contributed by atoms with Crippen LogP contribution >= 0.6 is 11.6 Å². The van der Waals surface area contributed by atoms with Crippen LogP contribution in [-0.4, -0.2) is 15.7 Å². The second kappa shape index (κ2) is 7.33. The maximum Gasteiger partial charge on any atom is 0.256 e. The second-order valence-electron chi connectivity index (χ2n) is 6.18. The quantitative estimate of drug-likeness (QED) is 0.717. The minimum absolute atomic E-state index is 0.243. The van der Waals surface area contributed by atoms with Gasteiger partial charge in [0.05, 0.1) is 23.8 Å². The molecule has 5 nitrogen and oxygen atoms in total. The monoisotopic (exact) mass is 375 g/mol. The van der Waals surface area contributed by atoms with Crippen molar-refractivity contribution in [3.05, 3.63) is 75.7 Å². The lowest BCUT2D eigenvalue weighted by Gasteiger charge is -2.11. The number of amides is 1. The van der Waals surface area contributed by atoms with E-state index in [-0.39, 0.29) is 22.9 Å². The van der Waals surface area contributed by atoms with Crippen molar-refractivity contribution in [3.63, 3.8) is 0 Å². The second-order valence-corrected chi connectivity index (χ2v) is 6.54. The standard InChI is InChI=1S/C19H19ClFN3O2/c1-11-4-9-16(26-11)12(2)22-19(25)17-13(3)23-24(18(17)20)10-14-5-7-15(21)8-6-14/h4-9,12H,10H2,1-3H3,(H,22,25). The van der Waals surface area contributed by atoms with E-state index in [4.69, 9.17) is 16.0 Å². The van der Waals surface area contributed by atoms with Crippen LogP contribution in [0.15, 0.2) is 40.8 Å². The lowest BCUT2D eigenvalue weighted by atomic mass is 10.2. The average molecular weight is 376 g/mol. The van der Waals surface area contributed by atoms with Crippen LogP contribution < -0.4 is 5.32 Å². The number of hydrogen-bond acceptors (Lipinski definition) is 3. The largest absolute Gasteiger partial charge is 0.464 e. The lowest BCUT2D eigenvalue weighted by molar-refractivity contribution is 0.0934. The molecule has 0 radical (unpaired) electrons. The molecule has 0 aliphatic carbocycles. The summed E-state index contributed by atoms with van der Waals surface area (Å²) in [6, 6.07) is 9.43. The molecule has 3 aromatic rings. The van der Waals surface area contributed by atoms with Crippen LogP contribution in [-0.2, 0) is 6.54 Å². The SMILES string of the molecule is Cc1ccc(C(C)NC(=O)c2c(C)nn(Cc3ccc(F)cc3)c2Cl)o1. The van der Waals surface area contributed by atoms with Gasteiger partial charge in [-0.25, -0.2) is 9.07 Å². The fourth-order valence-corrected chi connectivity index (χ4v) is 3.03. The Morgan fingerprint density at radius 2 is 1.96 bits per heavy atom. The molecule has 2 heterocycles. The summed E-state index contributed by atoms with van der Waals surface area (Å²) in [7, 11) is 0. The number of benzene rings is 1. The van der Waals surface area contributed by atoms with Gasteiger partial charge in [-0.05, 0) is 50.6 Å². The highest BCUT2D eigenvalue weighted by Crippen LogP contribution is 2.23. The first kappa shape index (κ1) is 18.2. The normalized spacial score (nSPS) is 12.2. The minimum atomic E-state index is -0.320. The fraction of sp³-hybridized carbons (Fsp3) is 0.263. The molecule has 7 heteroatoms. The highest BCUT2D eigenvalue weighted by atomic mass is 35.5. The molecule has 3 rings (SSSR count). The fourth-order valence-electron chi connectivity index (χ4n) is 2.70. The van der Waals surface area contributed by atoms with Gasteiger partial charge in [0, 0.05) is 0 Å². The van der Waals surface area contributed by atoms with Gasteiger partial charge in [-0.3, -0.25) is 4.79 Å². The summed E-state index contributed by atoms with van der Waals surface area (Å²) in [5.41, 5.74) is 1.68. The Bertz CT molecular complexity index is 931. The molecule has 1 unspecified atom stereocenters. The highest BCUT2D eigenvalue weighted by Gasteiger charge is 2.23. The molecular formula is C19H19ClFN3O2. The third kappa shape index (κ3) is 3.80. The summed E-state index contributed by atoms with van der Waals surface area (Å²) in [6.07, 6.45) is 0. The van der Waals surface area contributed by atoms with Crippen LogP contribution in [0.2, 0.25) is 5.15 Å². The molecule has 1 atom stereocenters. The van der Waals surface area contributed by atoms with Crippen molar-refractivity contribution in [1.29, 1.82) is 0 Å². The van der Waals surface area contributed by atoms with Gasteiger partial charge in [0.2, 0.25) is 0 Å². The van der Waals surface area contributed by atoms with E-state index < -0.39 is 0 Å². The van der Waals surface area contributed by atoms with E-state index in [0.29, 0.717) is 23.6 Å². The van der Waals surface area contributed by atoms with Gasteiger partial charge in [0.25, 0.3) is 5.91 Å². The number of hydrogen-bond donors (Lipinski definition) is 1. The summed E-state index contributed by atoms with van der Waals surface area (Å²) < 4.78 is 20.1. The molecule has 0 spiro atoms. The van der Waals surface area contributed by atoms with Gasteiger partial charge < -0.3 is 9.73 Å². The topological polar surface area (TPSA) is 60.1 Å². The molecule has 0 fully saturated rings. The molecule has 26 heavy (non-hydrogen) atoms. The summed E-state index contributed by atoms with van der Waals surface area (Å²) in [5.74, 6) is 0.823. The zero-order chi connectivity index (χ0) is 18.8. The molecule has 0 bridgehead atoms. The van der Waals surface area contributed by atoms with Gasteiger partial charge in [-0.15, -0.1) is 0 Å². The Labute approximate surface area is 155 Å². The van der Waals surface area contributed by atoms with Crippen molar-refractivity contribution < 1.29 is 13.6 Å². The zero-order valence-electron chi connectivity index (χ0n) is 14.7. The Morgan fingerprint density at radius 3 is 2.58 bits per heavy atom. The molecule has 0 aliphatic heterocycles. The number of furan rings is 1.